The van der Waals surface area contributed by atoms with Crippen LogP contribution in [0.3, 0.4) is 0 Å². The molecule has 52 heavy (non-hydrogen) atoms. The molecule has 0 unspecified atom stereocenters. The Morgan fingerprint density at radius 1 is 0.615 bits per heavy atom. The van der Waals surface area contributed by atoms with Crippen LogP contribution in [0.4, 0.5) is 0 Å². The molecule has 0 aliphatic heterocycles. The molecular formula is C32H34Mo2N6O12-12. The second-order valence-corrected chi connectivity index (χ2v) is 8.21. The van der Waals surface area contributed by atoms with Gasteiger partial charge in [0.1, 0.15) is 11.5 Å². The van der Waals surface area contributed by atoms with Gasteiger partial charge >= 0.3 is 0 Å². The molecule has 2 aromatic heterocycles. The maximum absolute atomic E-state index is 11.6. The van der Waals surface area contributed by atoms with Gasteiger partial charge in [0.15, 0.2) is 0 Å². The van der Waals surface area contributed by atoms with Crippen molar-refractivity contribution in [2.75, 3.05) is 27.4 Å². The fourth-order valence-corrected chi connectivity index (χ4v) is 2.89. The van der Waals surface area contributed by atoms with Crippen LogP contribution in [0.2, 0.25) is 0 Å². The second kappa shape index (κ2) is 36.2. The smallest absolute Gasteiger partial charge is 0.118 e. The molecule has 4 aromatic rings. The second-order valence-electron chi connectivity index (χ2n) is 8.21. The Morgan fingerprint density at radius 3 is 1.15 bits per heavy atom. The van der Waals surface area contributed by atoms with Gasteiger partial charge in [-0.15, -0.1) is 0 Å². The summed E-state index contributed by atoms with van der Waals surface area (Å²) in [4.78, 5) is 7.60. The van der Waals surface area contributed by atoms with Gasteiger partial charge in [-0.1, -0.05) is 23.6 Å². The van der Waals surface area contributed by atoms with Crippen molar-refractivity contribution in [1.82, 2.24) is 9.97 Å². The van der Waals surface area contributed by atoms with E-state index in [-0.39, 0.29) is 88.7 Å². The molecule has 0 bridgehead atoms. The van der Waals surface area contributed by atoms with Crippen molar-refractivity contribution in [1.29, 1.82) is 0 Å². The molecule has 0 aliphatic carbocycles. The SMILES string of the molecule is CCO.CCO.COc1ccc(/C=N/N=C(\[O-])c2ccncc2)c([O-])c1.COc1ccc(/C=N/N=C(\[O-])c2ccncc2)c([O-])c1.[Mo].[Mo].[O-2].[O-2].[O-2].[O-2]. The standard InChI is InChI=1S/2C14H13N3O3.2C2H6O.2Mo.4O/c2*1-20-12-3-2-11(13(18)8-12)9-16-17-14(19)10-4-6-15-7-5-10;2*1-2-3;;;;;;/h2*2-9,18H,1H3,(H,17,19);2*3H,2H2,1H3;;;;;;/q;;;;;;4*-2/p-4/b2*16-9+;;;;;;;;. The zero-order chi connectivity index (χ0) is 34.2. The summed E-state index contributed by atoms with van der Waals surface area (Å²) in [5.74, 6) is -0.553. The van der Waals surface area contributed by atoms with E-state index in [1.807, 2.05) is 0 Å². The molecular weight excluding hydrogens is 852 g/mol. The topological polar surface area (TPSA) is 340 Å². The number of hydrogen-bond acceptors (Lipinski definition) is 14. The molecule has 2 heterocycles. The van der Waals surface area contributed by atoms with Crippen LogP contribution in [0.1, 0.15) is 36.1 Å². The van der Waals surface area contributed by atoms with Crippen LogP contribution in [0.5, 0.6) is 23.0 Å². The number of aliphatic hydroxyl groups is 2. The number of hydrogen-bond donors (Lipinski definition) is 2. The van der Waals surface area contributed by atoms with Crippen LogP contribution in [-0.4, -0.2) is 71.8 Å². The third kappa shape index (κ3) is 23.7. The molecule has 0 radical (unpaired) electrons. The number of aromatic nitrogens is 2. The van der Waals surface area contributed by atoms with E-state index in [1.54, 1.807) is 38.1 Å². The first-order valence-electron chi connectivity index (χ1n) is 13.5. The number of nitrogens with zero attached hydrogens (tertiary/aromatic N) is 6. The number of pyridine rings is 2. The van der Waals surface area contributed by atoms with Crippen LogP contribution in [0, 0.1) is 0 Å². The Morgan fingerprint density at radius 2 is 0.904 bits per heavy atom. The van der Waals surface area contributed by atoms with E-state index < -0.39 is 11.8 Å². The van der Waals surface area contributed by atoms with Crippen molar-refractivity contribution in [3.63, 3.8) is 0 Å². The largest absolute Gasteiger partial charge is 2.00 e. The van der Waals surface area contributed by atoms with Gasteiger partial charge in [-0.2, -0.15) is 20.4 Å². The van der Waals surface area contributed by atoms with Crippen molar-refractivity contribution in [2.24, 2.45) is 20.4 Å². The van der Waals surface area contributed by atoms with Gasteiger partial charge < -0.3 is 62.0 Å². The molecule has 0 saturated carbocycles. The Kier molecular flexibility index (Phi) is 41.4. The van der Waals surface area contributed by atoms with Gasteiger partial charge in [-0.05, 0) is 84.6 Å². The summed E-state index contributed by atoms with van der Waals surface area (Å²) in [7, 11) is 2.95. The summed E-state index contributed by atoms with van der Waals surface area (Å²) in [5, 5.41) is 75.9. The first-order valence-corrected chi connectivity index (χ1v) is 13.5. The Labute approximate surface area is 329 Å². The zero-order valence-electron chi connectivity index (χ0n) is 28.1. The van der Waals surface area contributed by atoms with Gasteiger partial charge in [-0.3, -0.25) is 9.97 Å². The third-order valence-corrected chi connectivity index (χ3v) is 4.99. The number of rotatable bonds is 8. The van der Waals surface area contributed by atoms with Gasteiger partial charge in [0.2, 0.25) is 0 Å². The van der Waals surface area contributed by atoms with Gasteiger partial charge in [0.25, 0.3) is 0 Å². The first kappa shape index (κ1) is 59.5. The van der Waals surface area contributed by atoms with E-state index in [9.17, 15) is 20.4 Å². The van der Waals surface area contributed by atoms with Crippen LogP contribution >= 0.6 is 0 Å². The van der Waals surface area contributed by atoms with Crippen LogP contribution in [0.25, 0.3) is 0 Å². The van der Waals surface area contributed by atoms with E-state index in [0.29, 0.717) is 33.8 Å². The average molecular weight is 887 g/mol. The summed E-state index contributed by atoms with van der Waals surface area (Å²) in [6.45, 7) is 3.86. The summed E-state index contributed by atoms with van der Waals surface area (Å²) in [6, 6.07) is 15.2. The molecule has 0 amide bonds. The fourth-order valence-electron chi connectivity index (χ4n) is 2.89. The van der Waals surface area contributed by atoms with E-state index in [1.165, 1.54) is 87.8 Å². The normalized spacial score (nSPS) is 9.73. The van der Waals surface area contributed by atoms with Crippen molar-refractivity contribution in [3.05, 3.63) is 108 Å². The predicted molar refractivity (Wildman–Crippen MR) is 170 cm³/mol. The maximum atomic E-state index is 11.6. The zero-order valence-corrected chi connectivity index (χ0v) is 32.1. The molecule has 18 nitrogen and oxygen atoms in total. The maximum Gasteiger partial charge on any atom is 0.118 e. The first-order chi connectivity index (χ1) is 22.2. The fraction of sp³-hybridized carbons (Fsp3) is 0.188. The molecule has 288 valence electrons. The summed E-state index contributed by atoms with van der Waals surface area (Å²) < 4.78 is 9.85. The quantitative estimate of drug-likeness (QED) is 0.104. The monoisotopic (exact) mass is 890 g/mol. The third-order valence-electron chi connectivity index (χ3n) is 4.99. The minimum Gasteiger partial charge on any atom is -2.00 e. The molecule has 4 rings (SSSR count). The summed E-state index contributed by atoms with van der Waals surface area (Å²) in [6.07, 6.45) is 8.44. The van der Waals surface area contributed by atoms with Crippen molar-refractivity contribution >= 4 is 24.2 Å². The number of methoxy groups -OCH3 is 2. The van der Waals surface area contributed by atoms with Crippen LogP contribution in [0.15, 0.2) is 106 Å². The number of benzene rings is 2. The molecule has 0 fully saturated rings. The van der Waals surface area contributed by atoms with Gasteiger partial charge in [0, 0.05) is 91.9 Å². The molecule has 2 N–H and O–H groups in total. The van der Waals surface area contributed by atoms with Crippen molar-refractivity contribution < 1.29 is 104 Å². The molecule has 0 saturated heterocycles. The average Bonchev–Trinajstić information content (AvgIpc) is 3.07. The van der Waals surface area contributed by atoms with Crippen LogP contribution in [-0.2, 0) is 64.0 Å². The molecule has 0 aliphatic rings. The number of aliphatic hydroxyl groups excluding tert-OH is 2. The van der Waals surface area contributed by atoms with E-state index >= 15 is 0 Å². The Balaban J connectivity index is -0.000000160. The van der Waals surface area contributed by atoms with Crippen molar-refractivity contribution in [3.8, 4) is 23.0 Å². The van der Waals surface area contributed by atoms with E-state index in [0.717, 1.165) is 0 Å². The number of ether oxygens (including phenoxy) is 2. The predicted octanol–water partition coefficient (Wildman–Crippen LogP) is 0.127. The minimum atomic E-state index is -0.496. The molecule has 0 spiro atoms. The van der Waals surface area contributed by atoms with Gasteiger partial charge in [0.05, 0.1) is 26.6 Å². The summed E-state index contributed by atoms with van der Waals surface area (Å²) >= 11 is 0. The Bertz CT molecular complexity index is 1450. The molecule has 2 aromatic carbocycles. The minimum absolute atomic E-state index is 0. The molecule has 20 heteroatoms. The van der Waals surface area contributed by atoms with Crippen molar-refractivity contribution in [2.45, 2.75) is 13.8 Å². The molecule has 0 atom stereocenters. The Hall–Kier alpha value is -4.64. The van der Waals surface area contributed by atoms with E-state index in [4.69, 9.17) is 19.7 Å². The summed E-state index contributed by atoms with van der Waals surface area (Å²) in [5.41, 5.74) is 1.43. The van der Waals surface area contributed by atoms with E-state index in [2.05, 4.69) is 30.4 Å². The van der Waals surface area contributed by atoms with Gasteiger partial charge in [-0.25, -0.2) is 0 Å². The van der Waals surface area contributed by atoms with Crippen LogP contribution < -0.4 is 29.9 Å².